The number of nitrogens with one attached hydrogen (secondary N) is 1. The predicted octanol–water partition coefficient (Wildman–Crippen LogP) is 3.48. The number of carbonyl (C=O) groups is 1. The van der Waals surface area contributed by atoms with Gasteiger partial charge >= 0.3 is 5.91 Å². The smallest absolute Gasteiger partial charge is 0.307 e. The Morgan fingerprint density at radius 3 is 2.45 bits per heavy atom. The Bertz CT molecular complexity index is 610. The SMILES string of the molecule is Cc1ccc(C(=O)N/N=C/c2ccc(C(C)C)cc2)o1. The van der Waals surface area contributed by atoms with E-state index in [2.05, 4.69) is 36.5 Å². The van der Waals surface area contributed by atoms with Crippen LogP contribution < -0.4 is 5.43 Å². The highest BCUT2D eigenvalue weighted by molar-refractivity contribution is 5.92. The Morgan fingerprint density at radius 2 is 1.90 bits per heavy atom. The molecule has 2 rings (SSSR count). The van der Waals surface area contributed by atoms with Crippen LogP contribution in [0.4, 0.5) is 0 Å². The molecule has 1 aromatic carbocycles. The lowest BCUT2D eigenvalue weighted by atomic mass is 10.0. The zero-order chi connectivity index (χ0) is 14.5. The fourth-order valence-electron chi connectivity index (χ4n) is 1.74. The van der Waals surface area contributed by atoms with E-state index in [9.17, 15) is 4.79 Å². The Hall–Kier alpha value is -2.36. The van der Waals surface area contributed by atoms with Crippen molar-refractivity contribution in [3.05, 3.63) is 59.0 Å². The third-order valence-electron chi connectivity index (χ3n) is 2.95. The molecule has 0 radical (unpaired) electrons. The van der Waals surface area contributed by atoms with E-state index in [1.165, 1.54) is 5.56 Å². The zero-order valence-electron chi connectivity index (χ0n) is 11.9. The molecule has 0 aliphatic carbocycles. The van der Waals surface area contributed by atoms with Gasteiger partial charge in [-0.3, -0.25) is 4.79 Å². The van der Waals surface area contributed by atoms with Crippen LogP contribution in [0, 0.1) is 6.92 Å². The van der Waals surface area contributed by atoms with E-state index in [1.54, 1.807) is 25.3 Å². The van der Waals surface area contributed by atoms with E-state index in [1.807, 2.05) is 12.1 Å². The monoisotopic (exact) mass is 270 g/mol. The third-order valence-corrected chi connectivity index (χ3v) is 2.95. The van der Waals surface area contributed by atoms with Gasteiger partial charge in [0.2, 0.25) is 0 Å². The Balaban J connectivity index is 1.94. The van der Waals surface area contributed by atoms with Crippen LogP contribution in [0.15, 0.2) is 45.9 Å². The minimum Gasteiger partial charge on any atom is -0.456 e. The first-order valence-electron chi connectivity index (χ1n) is 6.56. The number of nitrogens with zero attached hydrogens (tertiary/aromatic N) is 1. The molecule has 0 unspecified atom stereocenters. The van der Waals surface area contributed by atoms with Crippen molar-refractivity contribution in [2.75, 3.05) is 0 Å². The number of benzene rings is 1. The molecule has 104 valence electrons. The minimum absolute atomic E-state index is 0.259. The number of hydrogen-bond donors (Lipinski definition) is 1. The van der Waals surface area contributed by atoms with Crippen molar-refractivity contribution >= 4 is 12.1 Å². The van der Waals surface area contributed by atoms with Gasteiger partial charge in [-0.2, -0.15) is 5.10 Å². The van der Waals surface area contributed by atoms with Gasteiger partial charge in [-0.1, -0.05) is 38.1 Å². The molecule has 0 saturated heterocycles. The van der Waals surface area contributed by atoms with Crippen molar-refractivity contribution < 1.29 is 9.21 Å². The van der Waals surface area contributed by atoms with Gasteiger partial charge < -0.3 is 4.42 Å². The molecule has 4 nitrogen and oxygen atoms in total. The van der Waals surface area contributed by atoms with Gasteiger partial charge in [-0.05, 0) is 36.1 Å². The van der Waals surface area contributed by atoms with Crippen LogP contribution in [0.2, 0.25) is 0 Å². The first kappa shape index (κ1) is 14.1. The maximum atomic E-state index is 11.7. The number of rotatable bonds is 4. The number of furan rings is 1. The molecule has 0 bridgehead atoms. The lowest BCUT2D eigenvalue weighted by Crippen LogP contribution is -2.16. The van der Waals surface area contributed by atoms with Gasteiger partial charge in [-0.15, -0.1) is 0 Å². The van der Waals surface area contributed by atoms with Crippen molar-refractivity contribution in [1.29, 1.82) is 0 Å². The Morgan fingerprint density at radius 1 is 1.20 bits per heavy atom. The van der Waals surface area contributed by atoms with Crippen molar-refractivity contribution in [1.82, 2.24) is 5.43 Å². The van der Waals surface area contributed by atoms with E-state index < -0.39 is 0 Å². The number of carbonyl (C=O) groups excluding carboxylic acids is 1. The van der Waals surface area contributed by atoms with Gasteiger partial charge in [0.15, 0.2) is 5.76 Å². The Labute approximate surface area is 118 Å². The normalized spacial score (nSPS) is 11.2. The van der Waals surface area contributed by atoms with Crippen molar-refractivity contribution in [3.63, 3.8) is 0 Å². The molecule has 0 spiro atoms. The molecule has 0 aliphatic rings. The minimum atomic E-state index is -0.354. The summed E-state index contributed by atoms with van der Waals surface area (Å²) in [6.07, 6.45) is 1.61. The summed E-state index contributed by atoms with van der Waals surface area (Å²) in [6.45, 7) is 6.08. The van der Waals surface area contributed by atoms with Crippen LogP contribution in [0.1, 0.15) is 47.2 Å². The summed E-state index contributed by atoms with van der Waals surface area (Å²) in [4.78, 5) is 11.7. The van der Waals surface area contributed by atoms with E-state index in [-0.39, 0.29) is 11.7 Å². The van der Waals surface area contributed by atoms with Gasteiger partial charge in [0.1, 0.15) is 5.76 Å². The number of hydrogen-bond acceptors (Lipinski definition) is 3. The van der Waals surface area contributed by atoms with Crippen LogP contribution in [0.5, 0.6) is 0 Å². The largest absolute Gasteiger partial charge is 0.456 e. The van der Waals surface area contributed by atoms with Crippen LogP contribution >= 0.6 is 0 Å². The topological polar surface area (TPSA) is 54.6 Å². The summed E-state index contributed by atoms with van der Waals surface area (Å²) in [7, 11) is 0. The highest BCUT2D eigenvalue weighted by Crippen LogP contribution is 2.13. The number of hydrazone groups is 1. The number of amides is 1. The predicted molar refractivity (Wildman–Crippen MR) is 79.0 cm³/mol. The molecule has 20 heavy (non-hydrogen) atoms. The van der Waals surface area contributed by atoms with Crippen LogP contribution in [-0.4, -0.2) is 12.1 Å². The molecular formula is C16H18N2O2. The zero-order valence-corrected chi connectivity index (χ0v) is 11.9. The fourth-order valence-corrected chi connectivity index (χ4v) is 1.74. The van der Waals surface area contributed by atoms with Gasteiger partial charge in [0, 0.05) is 0 Å². The van der Waals surface area contributed by atoms with E-state index in [0.29, 0.717) is 11.7 Å². The molecule has 0 aliphatic heterocycles. The molecule has 1 amide bonds. The molecule has 0 saturated carbocycles. The fraction of sp³-hybridized carbons (Fsp3) is 0.250. The van der Waals surface area contributed by atoms with Crippen LogP contribution in [-0.2, 0) is 0 Å². The molecule has 1 heterocycles. The quantitative estimate of drug-likeness (QED) is 0.683. The third kappa shape index (κ3) is 3.57. The molecule has 1 aromatic heterocycles. The van der Waals surface area contributed by atoms with Gasteiger partial charge in [0.05, 0.1) is 6.21 Å². The van der Waals surface area contributed by atoms with Crippen LogP contribution in [0.25, 0.3) is 0 Å². The summed E-state index contributed by atoms with van der Waals surface area (Å²) in [5.74, 6) is 1.11. The lowest BCUT2D eigenvalue weighted by Gasteiger charge is -2.04. The van der Waals surface area contributed by atoms with Crippen LogP contribution in [0.3, 0.4) is 0 Å². The highest BCUT2D eigenvalue weighted by Gasteiger charge is 2.07. The first-order valence-corrected chi connectivity index (χ1v) is 6.56. The van der Waals surface area contributed by atoms with Gasteiger partial charge in [-0.25, -0.2) is 5.43 Å². The molecule has 4 heteroatoms. The second kappa shape index (κ2) is 6.19. The second-order valence-corrected chi connectivity index (χ2v) is 4.93. The van der Waals surface area contributed by atoms with Crippen molar-refractivity contribution in [2.45, 2.75) is 26.7 Å². The maximum Gasteiger partial charge on any atom is 0.307 e. The Kier molecular flexibility index (Phi) is 4.35. The summed E-state index contributed by atoms with van der Waals surface area (Å²) < 4.78 is 5.20. The van der Waals surface area contributed by atoms with Crippen molar-refractivity contribution in [2.24, 2.45) is 5.10 Å². The average Bonchev–Trinajstić information content (AvgIpc) is 2.86. The van der Waals surface area contributed by atoms with E-state index in [4.69, 9.17) is 4.42 Å². The first-order chi connectivity index (χ1) is 9.56. The maximum absolute atomic E-state index is 11.7. The molecular weight excluding hydrogens is 252 g/mol. The standard InChI is InChI=1S/C16H18N2O2/c1-11(2)14-7-5-13(6-8-14)10-17-18-16(19)15-9-4-12(3)20-15/h4-11H,1-3H3,(H,18,19)/b17-10+. The molecule has 0 fully saturated rings. The molecule has 2 aromatic rings. The summed E-state index contributed by atoms with van der Waals surface area (Å²) in [5.41, 5.74) is 4.65. The summed E-state index contributed by atoms with van der Waals surface area (Å²) in [6, 6.07) is 11.4. The van der Waals surface area contributed by atoms with E-state index >= 15 is 0 Å². The van der Waals surface area contributed by atoms with Crippen molar-refractivity contribution in [3.8, 4) is 0 Å². The molecule has 0 atom stereocenters. The average molecular weight is 270 g/mol. The molecule has 1 N–H and O–H groups in total. The van der Waals surface area contributed by atoms with Gasteiger partial charge in [0.25, 0.3) is 0 Å². The second-order valence-electron chi connectivity index (χ2n) is 4.93. The summed E-state index contributed by atoms with van der Waals surface area (Å²) in [5, 5.41) is 3.92. The van der Waals surface area contributed by atoms with E-state index in [0.717, 1.165) is 5.56 Å². The number of aryl methyl sites for hydroxylation is 1. The summed E-state index contributed by atoms with van der Waals surface area (Å²) >= 11 is 0. The highest BCUT2D eigenvalue weighted by atomic mass is 16.3. The lowest BCUT2D eigenvalue weighted by molar-refractivity contribution is 0.0926.